The second-order valence-electron chi connectivity index (χ2n) is 6.39. The molecule has 0 amide bonds. The van der Waals surface area contributed by atoms with Crippen molar-refractivity contribution in [2.75, 3.05) is 17.6 Å². The van der Waals surface area contributed by atoms with Gasteiger partial charge in [-0.2, -0.15) is 5.26 Å². The van der Waals surface area contributed by atoms with Crippen LogP contribution in [-0.4, -0.2) is 30.7 Å². The molecule has 2 aromatic rings. The van der Waals surface area contributed by atoms with Crippen molar-refractivity contribution in [1.29, 1.82) is 5.26 Å². The Morgan fingerprint density at radius 1 is 1.12 bits per heavy atom. The van der Waals surface area contributed by atoms with E-state index in [1.807, 2.05) is 18.2 Å². The third kappa shape index (κ3) is 4.30. The lowest BCUT2D eigenvalue weighted by atomic mass is 9.87. The van der Waals surface area contributed by atoms with E-state index >= 15 is 0 Å². The molecule has 24 heavy (non-hydrogen) atoms. The van der Waals surface area contributed by atoms with Gasteiger partial charge in [0, 0.05) is 18.9 Å². The number of hydrogen-bond acceptors (Lipinski definition) is 6. The minimum absolute atomic E-state index is 0.0243. The molecular weight excluding hydrogens is 324 g/mol. The van der Waals surface area contributed by atoms with Crippen LogP contribution < -0.4 is 5.32 Å². The standard InChI is InChI=1S/C17H20N4O2S/c1-17(2,3)13-4-6-14(7-5-13)24(22,23)11-10-21-16-15(12-18)19-8-9-20-16/h4-9H,10-11H2,1-3H3,(H,20,21). The topological polar surface area (TPSA) is 95.7 Å². The molecule has 1 N–H and O–H groups in total. The Bertz CT molecular complexity index is 847. The van der Waals surface area contributed by atoms with Crippen LogP contribution in [0.25, 0.3) is 0 Å². The van der Waals surface area contributed by atoms with E-state index in [9.17, 15) is 8.42 Å². The molecule has 126 valence electrons. The van der Waals surface area contributed by atoms with Crippen LogP contribution in [-0.2, 0) is 15.3 Å². The van der Waals surface area contributed by atoms with Gasteiger partial charge in [-0.15, -0.1) is 0 Å². The van der Waals surface area contributed by atoms with Gasteiger partial charge in [0.2, 0.25) is 0 Å². The van der Waals surface area contributed by atoms with E-state index < -0.39 is 9.84 Å². The molecule has 1 heterocycles. The fraction of sp³-hybridized carbons (Fsp3) is 0.353. The average Bonchev–Trinajstić information content (AvgIpc) is 2.54. The Morgan fingerprint density at radius 3 is 2.33 bits per heavy atom. The zero-order valence-corrected chi connectivity index (χ0v) is 14.8. The maximum Gasteiger partial charge on any atom is 0.182 e. The lowest BCUT2D eigenvalue weighted by Gasteiger charge is -2.19. The first-order chi connectivity index (χ1) is 11.2. The van der Waals surface area contributed by atoms with Crippen molar-refractivity contribution in [1.82, 2.24) is 9.97 Å². The molecule has 0 spiro atoms. The van der Waals surface area contributed by atoms with E-state index in [1.165, 1.54) is 12.4 Å². The van der Waals surface area contributed by atoms with Crippen molar-refractivity contribution >= 4 is 15.7 Å². The number of anilines is 1. The van der Waals surface area contributed by atoms with E-state index in [0.717, 1.165) is 5.56 Å². The van der Waals surface area contributed by atoms with E-state index in [2.05, 4.69) is 36.1 Å². The second kappa shape index (κ2) is 6.97. The number of rotatable bonds is 5. The summed E-state index contributed by atoms with van der Waals surface area (Å²) in [7, 11) is -3.41. The number of nitrogens with one attached hydrogen (secondary N) is 1. The number of sulfone groups is 1. The van der Waals surface area contributed by atoms with Crippen LogP contribution in [0.5, 0.6) is 0 Å². The zero-order chi connectivity index (χ0) is 17.8. The van der Waals surface area contributed by atoms with Gasteiger partial charge in [0.25, 0.3) is 0 Å². The van der Waals surface area contributed by atoms with Crippen LogP contribution in [0.4, 0.5) is 5.82 Å². The SMILES string of the molecule is CC(C)(C)c1ccc(S(=O)(=O)CCNc2nccnc2C#N)cc1. The summed E-state index contributed by atoms with van der Waals surface area (Å²) >= 11 is 0. The van der Waals surface area contributed by atoms with Crippen LogP contribution in [0, 0.1) is 11.3 Å². The molecule has 1 aromatic carbocycles. The molecule has 0 saturated heterocycles. The van der Waals surface area contributed by atoms with Gasteiger partial charge < -0.3 is 5.32 Å². The van der Waals surface area contributed by atoms with Crippen molar-refractivity contribution in [3.05, 3.63) is 47.9 Å². The fourth-order valence-electron chi connectivity index (χ4n) is 2.13. The minimum atomic E-state index is -3.41. The minimum Gasteiger partial charge on any atom is -0.367 e. The van der Waals surface area contributed by atoms with Gasteiger partial charge in [-0.05, 0) is 23.1 Å². The lowest BCUT2D eigenvalue weighted by Crippen LogP contribution is -2.17. The summed E-state index contributed by atoms with van der Waals surface area (Å²) in [6.07, 6.45) is 2.86. The van der Waals surface area contributed by atoms with Crippen molar-refractivity contribution in [2.24, 2.45) is 0 Å². The van der Waals surface area contributed by atoms with Gasteiger partial charge in [0.1, 0.15) is 6.07 Å². The van der Waals surface area contributed by atoms with Gasteiger partial charge in [0.15, 0.2) is 21.3 Å². The first-order valence-corrected chi connectivity index (χ1v) is 9.17. The summed E-state index contributed by atoms with van der Waals surface area (Å²) in [6.45, 7) is 6.38. The van der Waals surface area contributed by atoms with Crippen molar-refractivity contribution in [3.8, 4) is 6.07 Å². The second-order valence-corrected chi connectivity index (χ2v) is 8.49. The molecule has 7 heteroatoms. The van der Waals surface area contributed by atoms with Gasteiger partial charge in [0.05, 0.1) is 10.6 Å². The number of benzene rings is 1. The summed E-state index contributed by atoms with van der Waals surface area (Å²) in [5.74, 6) is 0.196. The smallest absolute Gasteiger partial charge is 0.182 e. The first kappa shape index (κ1) is 17.9. The Morgan fingerprint density at radius 2 is 1.75 bits per heavy atom. The highest BCUT2D eigenvalue weighted by molar-refractivity contribution is 7.91. The van der Waals surface area contributed by atoms with Gasteiger partial charge >= 0.3 is 0 Å². The Hall–Kier alpha value is -2.46. The van der Waals surface area contributed by atoms with E-state index in [0.29, 0.717) is 5.82 Å². The number of aromatic nitrogens is 2. The van der Waals surface area contributed by atoms with Crippen molar-refractivity contribution in [2.45, 2.75) is 31.1 Å². The third-order valence-electron chi connectivity index (χ3n) is 3.55. The summed E-state index contributed by atoms with van der Waals surface area (Å²) in [4.78, 5) is 8.15. The molecule has 6 nitrogen and oxygen atoms in total. The quantitative estimate of drug-likeness (QED) is 0.895. The molecule has 0 fully saturated rings. The Kier molecular flexibility index (Phi) is 5.20. The molecular formula is C17H20N4O2S. The van der Waals surface area contributed by atoms with Crippen LogP contribution in [0.2, 0.25) is 0 Å². The molecule has 0 aliphatic rings. The molecule has 0 aliphatic carbocycles. The molecule has 0 aliphatic heterocycles. The summed E-state index contributed by atoms with van der Waals surface area (Å²) < 4.78 is 24.8. The predicted molar refractivity (Wildman–Crippen MR) is 92.4 cm³/mol. The van der Waals surface area contributed by atoms with Gasteiger partial charge in [-0.1, -0.05) is 32.9 Å². The number of hydrogen-bond donors (Lipinski definition) is 1. The van der Waals surface area contributed by atoms with Crippen LogP contribution >= 0.6 is 0 Å². The molecule has 0 atom stereocenters. The maximum absolute atomic E-state index is 12.4. The molecule has 1 aromatic heterocycles. The van der Waals surface area contributed by atoms with E-state index in [-0.39, 0.29) is 28.3 Å². The lowest BCUT2D eigenvalue weighted by molar-refractivity contribution is 0.586. The number of nitrogens with zero attached hydrogens (tertiary/aromatic N) is 3. The predicted octanol–water partition coefficient (Wildman–Crippen LogP) is 2.53. The van der Waals surface area contributed by atoms with E-state index in [1.54, 1.807) is 12.1 Å². The Labute approximate surface area is 142 Å². The zero-order valence-electron chi connectivity index (χ0n) is 13.9. The van der Waals surface area contributed by atoms with Crippen molar-refractivity contribution in [3.63, 3.8) is 0 Å². The number of nitriles is 1. The first-order valence-electron chi connectivity index (χ1n) is 7.52. The molecule has 0 saturated carbocycles. The van der Waals surface area contributed by atoms with Crippen LogP contribution in [0.15, 0.2) is 41.6 Å². The maximum atomic E-state index is 12.4. The Balaban J connectivity index is 2.05. The van der Waals surface area contributed by atoms with Crippen LogP contribution in [0.1, 0.15) is 32.0 Å². The van der Waals surface area contributed by atoms with Crippen LogP contribution in [0.3, 0.4) is 0 Å². The van der Waals surface area contributed by atoms with Gasteiger partial charge in [-0.3, -0.25) is 0 Å². The average molecular weight is 344 g/mol. The molecule has 0 bridgehead atoms. The molecule has 2 rings (SSSR count). The van der Waals surface area contributed by atoms with E-state index in [4.69, 9.17) is 5.26 Å². The summed E-state index contributed by atoms with van der Waals surface area (Å²) in [5.41, 5.74) is 1.20. The van der Waals surface area contributed by atoms with Crippen molar-refractivity contribution < 1.29 is 8.42 Å². The highest BCUT2D eigenvalue weighted by Crippen LogP contribution is 2.23. The molecule has 0 unspecified atom stereocenters. The fourth-order valence-corrected chi connectivity index (χ4v) is 3.29. The van der Waals surface area contributed by atoms with Gasteiger partial charge in [-0.25, -0.2) is 18.4 Å². The normalized spacial score (nSPS) is 11.8. The highest BCUT2D eigenvalue weighted by atomic mass is 32.2. The molecule has 0 radical (unpaired) electrons. The highest BCUT2D eigenvalue weighted by Gasteiger charge is 2.17. The largest absolute Gasteiger partial charge is 0.367 e. The third-order valence-corrected chi connectivity index (χ3v) is 5.28. The monoisotopic (exact) mass is 344 g/mol. The summed E-state index contributed by atoms with van der Waals surface area (Å²) in [5, 5.41) is 11.8. The summed E-state index contributed by atoms with van der Waals surface area (Å²) in [6, 6.07) is 8.87.